The molecule has 0 radical (unpaired) electrons. The second-order valence-corrected chi connectivity index (χ2v) is 7.73. The summed E-state index contributed by atoms with van der Waals surface area (Å²) < 4.78 is 6.58. The minimum atomic E-state index is -0.460. The number of aromatic nitrogens is 2. The van der Waals surface area contributed by atoms with Gasteiger partial charge in [-0.2, -0.15) is 5.10 Å². The summed E-state index contributed by atoms with van der Waals surface area (Å²) in [6.45, 7) is 4.29. The number of esters is 1. The lowest BCUT2D eigenvalue weighted by molar-refractivity contribution is 0.0519. The third kappa shape index (κ3) is 4.81. The maximum absolute atomic E-state index is 13.2. The molecule has 4 rings (SSSR count). The molecule has 0 spiro atoms. The van der Waals surface area contributed by atoms with Crippen LogP contribution in [0.3, 0.4) is 0 Å². The minimum Gasteiger partial charge on any atom is -0.461 e. The van der Waals surface area contributed by atoms with Crippen LogP contribution >= 0.6 is 0 Å². The largest absolute Gasteiger partial charge is 0.461 e. The molecule has 1 fully saturated rings. The fourth-order valence-corrected chi connectivity index (χ4v) is 3.83. The summed E-state index contributed by atoms with van der Waals surface area (Å²) in [5, 5.41) is 7.30. The van der Waals surface area contributed by atoms with Crippen LogP contribution < -0.4 is 5.32 Å². The number of piperazine rings is 1. The van der Waals surface area contributed by atoms with E-state index in [2.05, 4.69) is 34.5 Å². The molecule has 32 heavy (non-hydrogen) atoms. The van der Waals surface area contributed by atoms with Gasteiger partial charge in [0.1, 0.15) is 0 Å². The van der Waals surface area contributed by atoms with Crippen LogP contribution in [-0.4, -0.2) is 64.9 Å². The molecule has 1 atom stereocenters. The number of carbonyl (C=O) groups excluding carboxylic acids is 2. The number of hydrogen-bond donors (Lipinski definition) is 1. The van der Waals surface area contributed by atoms with Crippen LogP contribution in [0.2, 0.25) is 0 Å². The van der Waals surface area contributed by atoms with E-state index in [9.17, 15) is 9.59 Å². The van der Waals surface area contributed by atoms with Crippen LogP contribution in [0.5, 0.6) is 0 Å². The van der Waals surface area contributed by atoms with Gasteiger partial charge in [0.15, 0.2) is 5.69 Å². The highest BCUT2D eigenvalue weighted by molar-refractivity contribution is 5.90. The van der Waals surface area contributed by atoms with Crippen LogP contribution in [-0.2, 0) is 4.74 Å². The van der Waals surface area contributed by atoms with Gasteiger partial charge in [0, 0.05) is 31.5 Å². The smallest absolute Gasteiger partial charge is 0.358 e. The summed E-state index contributed by atoms with van der Waals surface area (Å²) in [6.07, 6.45) is 1.69. The van der Waals surface area contributed by atoms with Crippen molar-refractivity contribution >= 4 is 17.7 Å². The lowest BCUT2D eigenvalue weighted by Gasteiger charge is -2.40. The second-order valence-electron chi connectivity index (χ2n) is 7.73. The number of anilines is 1. The zero-order valence-corrected chi connectivity index (χ0v) is 18.3. The first-order valence-electron chi connectivity index (χ1n) is 10.7. The van der Waals surface area contributed by atoms with Crippen molar-refractivity contribution in [2.24, 2.45) is 0 Å². The van der Waals surface area contributed by atoms with Crippen LogP contribution in [0.4, 0.5) is 10.5 Å². The highest BCUT2D eigenvalue weighted by atomic mass is 16.5. The SMILES string of the molecule is CCOC(=O)c1ccn(-c2cccc(NC(=O)N3CCN(C)C[C@H]3c3ccccc3)c2)n1. The fraction of sp³-hybridized carbons (Fsp3) is 0.292. The summed E-state index contributed by atoms with van der Waals surface area (Å²) in [4.78, 5) is 29.2. The maximum Gasteiger partial charge on any atom is 0.358 e. The molecular weight excluding hydrogens is 406 g/mol. The van der Waals surface area contributed by atoms with E-state index in [4.69, 9.17) is 4.74 Å². The van der Waals surface area contributed by atoms with E-state index in [1.54, 1.807) is 23.9 Å². The molecule has 1 N–H and O–H groups in total. The van der Waals surface area contributed by atoms with E-state index in [0.717, 1.165) is 24.3 Å². The van der Waals surface area contributed by atoms with Gasteiger partial charge in [-0.1, -0.05) is 36.4 Å². The van der Waals surface area contributed by atoms with E-state index in [0.29, 0.717) is 18.8 Å². The van der Waals surface area contributed by atoms with Gasteiger partial charge in [-0.3, -0.25) is 0 Å². The van der Waals surface area contributed by atoms with Crippen LogP contribution in [0.1, 0.15) is 29.0 Å². The monoisotopic (exact) mass is 433 g/mol. The zero-order chi connectivity index (χ0) is 22.5. The van der Waals surface area contributed by atoms with E-state index < -0.39 is 5.97 Å². The Bertz CT molecular complexity index is 1080. The molecule has 2 aromatic carbocycles. The number of nitrogens with one attached hydrogen (secondary N) is 1. The summed E-state index contributed by atoms with van der Waals surface area (Å²) in [5.74, 6) is -0.460. The molecule has 1 aromatic heterocycles. The predicted octanol–water partition coefficient (Wildman–Crippen LogP) is 3.57. The molecule has 8 nitrogen and oxygen atoms in total. The van der Waals surface area contributed by atoms with Gasteiger partial charge in [0.25, 0.3) is 0 Å². The number of rotatable bonds is 5. The van der Waals surface area contributed by atoms with Gasteiger partial charge in [-0.05, 0) is 43.8 Å². The minimum absolute atomic E-state index is 0.0172. The van der Waals surface area contributed by atoms with E-state index in [1.807, 2.05) is 47.4 Å². The average molecular weight is 434 g/mol. The molecule has 0 unspecified atom stereocenters. The van der Waals surface area contributed by atoms with E-state index >= 15 is 0 Å². The third-order valence-electron chi connectivity index (χ3n) is 5.46. The number of benzene rings is 2. The molecule has 1 aliphatic heterocycles. The Morgan fingerprint density at radius 3 is 2.69 bits per heavy atom. The third-order valence-corrected chi connectivity index (χ3v) is 5.46. The first-order valence-corrected chi connectivity index (χ1v) is 10.7. The molecule has 1 aliphatic rings. The zero-order valence-electron chi connectivity index (χ0n) is 18.3. The fourth-order valence-electron chi connectivity index (χ4n) is 3.83. The van der Waals surface area contributed by atoms with Crippen molar-refractivity contribution in [1.82, 2.24) is 19.6 Å². The Labute approximate surface area is 187 Å². The lowest BCUT2D eigenvalue weighted by atomic mass is 10.0. The van der Waals surface area contributed by atoms with E-state index in [1.165, 1.54) is 0 Å². The number of amides is 2. The Morgan fingerprint density at radius 2 is 1.91 bits per heavy atom. The van der Waals surface area contributed by atoms with Gasteiger partial charge < -0.3 is 19.9 Å². The summed E-state index contributed by atoms with van der Waals surface area (Å²) >= 11 is 0. The number of likely N-dealkylation sites (N-methyl/N-ethyl adjacent to an activating group) is 1. The number of hydrogen-bond acceptors (Lipinski definition) is 5. The molecule has 2 amide bonds. The molecule has 2 heterocycles. The number of ether oxygens (including phenoxy) is 1. The molecule has 0 bridgehead atoms. The van der Waals surface area contributed by atoms with E-state index in [-0.39, 0.29) is 17.8 Å². The highest BCUT2D eigenvalue weighted by Crippen LogP contribution is 2.26. The van der Waals surface area contributed by atoms with Crippen LogP contribution in [0.15, 0.2) is 66.9 Å². The van der Waals surface area contributed by atoms with Crippen molar-refractivity contribution in [3.05, 3.63) is 78.1 Å². The van der Waals surface area contributed by atoms with Crippen molar-refractivity contribution in [3.63, 3.8) is 0 Å². The standard InChI is InChI=1S/C24H27N5O3/c1-3-32-23(30)21-12-13-29(26-21)20-11-7-10-19(16-20)25-24(31)28-15-14-27(2)17-22(28)18-8-5-4-6-9-18/h4-13,16,22H,3,14-15,17H2,1-2H3,(H,25,31)/t22-/m0/s1. The van der Waals surface area contributed by atoms with Gasteiger partial charge in [-0.25, -0.2) is 14.3 Å². The average Bonchev–Trinajstić information content (AvgIpc) is 3.30. The maximum atomic E-state index is 13.2. The summed E-state index contributed by atoms with van der Waals surface area (Å²) in [5.41, 5.74) is 2.75. The Kier molecular flexibility index (Phi) is 6.51. The van der Waals surface area contributed by atoms with Gasteiger partial charge >= 0.3 is 12.0 Å². The quantitative estimate of drug-likeness (QED) is 0.623. The van der Waals surface area contributed by atoms with Crippen molar-refractivity contribution in [3.8, 4) is 5.69 Å². The predicted molar refractivity (Wildman–Crippen MR) is 122 cm³/mol. The van der Waals surface area contributed by atoms with Gasteiger partial charge in [-0.15, -0.1) is 0 Å². The Balaban J connectivity index is 1.50. The van der Waals surface area contributed by atoms with Crippen LogP contribution in [0.25, 0.3) is 5.69 Å². The first kappa shape index (κ1) is 21.6. The van der Waals surface area contributed by atoms with Crippen molar-refractivity contribution < 1.29 is 14.3 Å². The Hall–Kier alpha value is -3.65. The molecule has 3 aromatic rings. The highest BCUT2D eigenvalue weighted by Gasteiger charge is 2.30. The number of urea groups is 1. The van der Waals surface area contributed by atoms with Gasteiger partial charge in [0.05, 0.1) is 18.3 Å². The van der Waals surface area contributed by atoms with Crippen molar-refractivity contribution in [2.45, 2.75) is 13.0 Å². The summed E-state index contributed by atoms with van der Waals surface area (Å²) in [6, 6.07) is 18.9. The lowest BCUT2D eigenvalue weighted by Crippen LogP contribution is -2.50. The van der Waals surface area contributed by atoms with Crippen LogP contribution in [0, 0.1) is 0 Å². The normalized spacial score (nSPS) is 16.6. The number of nitrogens with zero attached hydrogens (tertiary/aromatic N) is 4. The Morgan fingerprint density at radius 1 is 1.09 bits per heavy atom. The molecule has 0 aliphatic carbocycles. The van der Waals surface area contributed by atoms with Crippen molar-refractivity contribution in [1.29, 1.82) is 0 Å². The molecule has 0 saturated carbocycles. The van der Waals surface area contributed by atoms with Gasteiger partial charge in [0.2, 0.25) is 0 Å². The molecule has 1 saturated heterocycles. The molecular formula is C24H27N5O3. The molecule has 166 valence electrons. The number of carbonyl (C=O) groups is 2. The molecule has 8 heteroatoms. The first-order chi connectivity index (χ1) is 15.5. The summed E-state index contributed by atoms with van der Waals surface area (Å²) in [7, 11) is 2.07. The topological polar surface area (TPSA) is 79.7 Å². The van der Waals surface area contributed by atoms with Crippen molar-refractivity contribution in [2.75, 3.05) is 38.6 Å². The second kappa shape index (κ2) is 9.65.